The maximum Gasteiger partial charge on any atom is 0.348 e. The minimum absolute atomic E-state index is 0.0417. The largest absolute Gasteiger partial charge is 0.477 e. The maximum absolute atomic E-state index is 11.7. The lowest BCUT2D eigenvalue weighted by atomic mass is 9.98. The second-order valence-corrected chi connectivity index (χ2v) is 15.1. The summed E-state index contributed by atoms with van der Waals surface area (Å²) < 4.78 is 10.1. The van der Waals surface area contributed by atoms with Gasteiger partial charge in [-0.05, 0) is 73.3 Å². The SMILES string of the molecule is C1CCCCC1.CC(C)(C)C#Cc1cc(N(C=O)C2CCN(C=O)CC2)c(C(=O)O)s1.COC(C)(C)C.COC1CCN(C=O)CC1. The van der Waals surface area contributed by atoms with Crippen molar-refractivity contribution in [3.8, 4) is 11.8 Å². The van der Waals surface area contributed by atoms with Gasteiger partial charge in [0.25, 0.3) is 0 Å². The van der Waals surface area contributed by atoms with Gasteiger partial charge in [0.15, 0.2) is 0 Å². The number of carbonyl (C=O) groups excluding carboxylic acids is 3. The summed E-state index contributed by atoms with van der Waals surface area (Å²) >= 11 is 1.08. The molecule has 3 aliphatic rings. The second-order valence-electron chi connectivity index (χ2n) is 14.0. The number of carbonyl (C=O) groups is 4. The Bertz CT molecular complexity index is 1110. The number of amides is 3. The monoisotopic (exact) mass is 677 g/mol. The predicted molar refractivity (Wildman–Crippen MR) is 189 cm³/mol. The van der Waals surface area contributed by atoms with Crippen LogP contribution >= 0.6 is 11.3 Å². The number of hydrogen-bond donors (Lipinski definition) is 1. The highest BCUT2D eigenvalue weighted by Crippen LogP contribution is 2.33. The molecule has 3 heterocycles. The van der Waals surface area contributed by atoms with E-state index in [1.54, 1.807) is 30.1 Å². The third-order valence-corrected chi connectivity index (χ3v) is 9.00. The first-order valence-corrected chi connectivity index (χ1v) is 17.6. The van der Waals surface area contributed by atoms with Crippen molar-refractivity contribution in [2.45, 2.75) is 123 Å². The summed E-state index contributed by atoms with van der Waals surface area (Å²) in [6.45, 7) is 14.8. The summed E-state index contributed by atoms with van der Waals surface area (Å²) in [5.74, 6) is 5.02. The van der Waals surface area contributed by atoms with Crippen LogP contribution in [0.2, 0.25) is 0 Å². The maximum atomic E-state index is 11.7. The molecular weight excluding hydrogens is 618 g/mol. The van der Waals surface area contributed by atoms with Gasteiger partial charge in [-0.2, -0.15) is 0 Å². The Labute approximate surface area is 287 Å². The average molecular weight is 678 g/mol. The highest BCUT2D eigenvalue weighted by Gasteiger charge is 2.28. The van der Waals surface area contributed by atoms with Crippen molar-refractivity contribution in [2.24, 2.45) is 5.41 Å². The summed E-state index contributed by atoms with van der Waals surface area (Å²) in [4.78, 5) is 50.0. The lowest BCUT2D eigenvalue weighted by Gasteiger charge is -2.35. The lowest BCUT2D eigenvalue weighted by Crippen LogP contribution is -2.44. The summed E-state index contributed by atoms with van der Waals surface area (Å²) in [5.41, 5.74) is 0.231. The second kappa shape index (κ2) is 21.8. The number of aromatic carboxylic acids is 1. The van der Waals surface area contributed by atoms with E-state index >= 15 is 0 Å². The first-order valence-electron chi connectivity index (χ1n) is 16.8. The fourth-order valence-electron chi connectivity index (χ4n) is 4.92. The number of anilines is 1. The smallest absolute Gasteiger partial charge is 0.348 e. The van der Waals surface area contributed by atoms with Gasteiger partial charge in [-0.15, -0.1) is 11.3 Å². The van der Waals surface area contributed by atoms with Crippen LogP contribution in [0.15, 0.2) is 6.07 Å². The van der Waals surface area contributed by atoms with E-state index in [9.17, 15) is 24.3 Å². The van der Waals surface area contributed by atoms with Gasteiger partial charge < -0.3 is 29.3 Å². The quantitative estimate of drug-likeness (QED) is 0.260. The molecule has 3 amide bonds. The van der Waals surface area contributed by atoms with Gasteiger partial charge in [0.05, 0.1) is 22.3 Å². The molecule has 4 rings (SSSR count). The summed E-state index contributed by atoms with van der Waals surface area (Å²) in [6.07, 6.45) is 15.0. The van der Waals surface area contributed by atoms with Crippen LogP contribution in [-0.2, 0) is 23.9 Å². The number of likely N-dealkylation sites (tertiary alicyclic amines) is 2. The van der Waals surface area contributed by atoms with Gasteiger partial charge in [-0.25, -0.2) is 4.79 Å². The zero-order valence-corrected chi connectivity index (χ0v) is 30.8. The Morgan fingerprint density at radius 2 is 1.32 bits per heavy atom. The molecule has 3 fully saturated rings. The van der Waals surface area contributed by atoms with Crippen molar-refractivity contribution in [2.75, 3.05) is 45.3 Å². The molecule has 10 nitrogen and oxygen atoms in total. The minimum atomic E-state index is -1.07. The van der Waals surface area contributed by atoms with Gasteiger partial charge in [0.2, 0.25) is 19.2 Å². The summed E-state index contributed by atoms with van der Waals surface area (Å²) in [6, 6.07) is 1.55. The van der Waals surface area contributed by atoms with Gasteiger partial charge in [-0.1, -0.05) is 50.4 Å². The molecule has 1 aromatic rings. The Morgan fingerprint density at radius 3 is 1.66 bits per heavy atom. The van der Waals surface area contributed by atoms with Gasteiger partial charge in [-0.3, -0.25) is 14.4 Å². The number of carboxylic acid groups (broad SMARTS) is 1. The van der Waals surface area contributed by atoms with Crippen molar-refractivity contribution < 1.29 is 33.8 Å². The van der Waals surface area contributed by atoms with Gasteiger partial charge in [0, 0.05) is 51.9 Å². The molecule has 2 aliphatic heterocycles. The standard InChI is InChI=1S/C18H22N2O4S.C7H13NO2.C6H12.C5H12O/c1-18(2,3)7-4-14-10-15(16(25-14)17(23)24)20(12-22)13-5-8-19(11-21)9-6-13;1-10-7-2-4-8(6-9)5-3-7;1-2-4-6-5-3-1;1-5(2,3)6-4/h10-13H,5-6,8-9H2,1-3H3,(H,23,24);6-7H,2-5H2,1H3;1-6H2;1-4H3. The normalized spacial score (nSPS) is 17.2. The van der Waals surface area contributed by atoms with Crippen LogP contribution in [0.5, 0.6) is 0 Å². The molecule has 2 saturated heterocycles. The van der Waals surface area contributed by atoms with E-state index in [1.165, 1.54) is 43.4 Å². The van der Waals surface area contributed by atoms with Crippen molar-refractivity contribution in [3.63, 3.8) is 0 Å². The van der Waals surface area contributed by atoms with E-state index in [0.717, 1.165) is 50.1 Å². The fraction of sp³-hybridized carbons (Fsp3) is 0.722. The van der Waals surface area contributed by atoms with E-state index in [0.29, 0.717) is 49.0 Å². The topological polar surface area (TPSA) is 117 Å². The number of rotatable bonds is 7. The number of thiophene rings is 1. The third kappa shape index (κ3) is 17.7. The summed E-state index contributed by atoms with van der Waals surface area (Å²) in [5, 5.41) is 9.50. The number of ether oxygens (including phenoxy) is 2. The molecule has 0 aromatic carbocycles. The number of nitrogens with zero attached hydrogens (tertiary/aromatic N) is 3. The van der Waals surface area contributed by atoms with Crippen molar-refractivity contribution in [1.29, 1.82) is 0 Å². The lowest BCUT2D eigenvalue weighted by molar-refractivity contribution is -0.120. The Hall–Kier alpha value is -2.94. The molecule has 1 N–H and O–H groups in total. The van der Waals surface area contributed by atoms with E-state index in [4.69, 9.17) is 9.47 Å². The highest BCUT2D eigenvalue weighted by molar-refractivity contribution is 7.15. The van der Waals surface area contributed by atoms with Crippen LogP contribution < -0.4 is 4.90 Å². The number of methoxy groups -OCH3 is 2. The molecule has 1 aliphatic carbocycles. The van der Waals surface area contributed by atoms with Crippen LogP contribution in [0.1, 0.15) is 120 Å². The molecule has 11 heteroatoms. The van der Waals surface area contributed by atoms with E-state index in [2.05, 4.69) is 11.8 Å². The first kappa shape index (κ1) is 42.1. The Balaban J connectivity index is 0.000000404. The highest BCUT2D eigenvalue weighted by atomic mass is 32.1. The van der Waals surface area contributed by atoms with Crippen molar-refractivity contribution in [3.05, 3.63) is 15.8 Å². The molecular formula is C36H59N3O7S. The molecule has 0 atom stereocenters. The van der Waals surface area contributed by atoms with E-state index < -0.39 is 5.97 Å². The Kier molecular flexibility index (Phi) is 19.6. The zero-order valence-electron chi connectivity index (χ0n) is 30.0. The van der Waals surface area contributed by atoms with Gasteiger partial charge >= 0.3 is 5.97 Å². The van der Waals surface area contributed by atoms with Crippen LogP contribution in [-0.4, -0.2) is 98.3 Å². The first-order chi connectivity index (χ1) is 22.2. The van der Waals surface area contributed by atoms with Crippen LogP contribution in [0.4, 0.5) is 5.69 Å². The number of piperidine rings is 2. The molecule has 47 heavy (non-hydrogen) atoms. The zero-order chi connectivity index (χ0) is 35.5. The third-order valence-electron chi connectivity index (χ3n) is 7.97. The molecule has 266 valence electrons. The molecule has 0 bridgehead atoms. The molecule has 1 aromatic heterocycles. The molecule has 0 spiro atoms. The number of hydrogen-bond acceptors (Lipinski definition) is 7. The van der Waals surface area contributed by atoms with Crippen LogP contribution in [0, 0.1) is 17.3 Å². The van der Waals surface area contributed by atoms with E-state index in [-0.39, 0.29) is 21.9 Å². The van der Waals surface area contributed by atoms with Crippen molar-refractivity contribution >= 4 is 42.2 Å². The molecule has 0 radical (unpaired) electrons. The molecule has 1 saturated carbocycles. The fourth-order valence-corrected chi connectivity index (χ4v) is 5.77. The van der Waals surface area contributed by atoms with Crippen LogP contribution in [0.3, 0.4) is 0 Å². The van der Waals surface area contributed by atoms with Crippen molar-refractivity contribution in [1.82, 2.24) is 9.80 Å². The molecule has 0 unspecified atom stereocenters. The van der Waals surface area contributed by atoms with E-state index in [1.807, 2.05) is 41.5 Å². The average Bonchev–Trinajstić information content (AvgIpc) is 3.50. The Morgan fingerprint density at radius 1 is 0.872 bits per heavy atom. The van der Waals surface area contributed by atoms with Gasteiger partial charge in [0.1, 0.15) is 4.88 Å². The minimum Gasteiger partial charge on any atom is -0.477 e. The van der Waals surface area contributed by atoms with Crippen LogP contribution in [0.25, 0.3) is 0 Å². The number of carboxylic acids is 1. The predicted octanol–water partition coefficient (Wildman–Crippen LogP) is 6.45. The summed E-state index contributed by atoms with van der Waals surface area (Å²) in [7, 11) is 3.43.